The van der Waals surface area contributed by atoms with E-state index in [0.29, 0.717) is 37.0 Å². The number of furan rings is 1. The summed E-state index contributed by atoms with van der Waals surface area (Å²) in [7, 11) is 0. The molecule has 2 N–H and O–H groups in total. The van der Waals surface area contributed by atoms with Crippen LogP contribution in [-0.2, 0) is 4.74 Å². The van der Waals surface area contributed by atoms with Gasteiger partial charge in [0.2, 0.25) is 5.95 Å². The zero-order valence-electron chi connectivity index (χ0n) is 19.4. The monoisotopic (exact) mass is 507 g/mol. The van der Waals surface area contributed by atoms with Gasteiger partial charge in [-0.25, -0.2) is 14.8 Å². The normalized spacial score (nSPS) is 13.8. The molecule has 0 atom stereocenters. The average molecular weight is 508 g/mol. The first-order valence-corrected chi connectivity index (χ1v) is 11.7. The second kappa shape index (κ2) is 10.7. The average Bonchev–Trinajstić information content (AvgIpc) is 3.32. The van der Waals surface area contributed by atoms with Crippen LogP contribution in [0, 0.1) is 12.7 Å². The first-order chi connectivity index (χ1) is 17.5. The number of hydrogen-bond donors (Lipinski definition) is 2. The lowest BCUT2D eigenvalue weighted by Crippen LogP contribution is -2.37. The van der Waals surface area contributed by atoms with Crippen LogP contribution in [-0.4, -0.2) is 47.5 Å². The maximum Gasteiger partial charge on any atom is 0.245 e. The van der Waals surface area contributed by atoms with Crippen molar-refractivity contribution in [3.05, 3.63) is 77.2 Å². The number of morpholine rings is 1. The molecule has 1 fully saturated rings. The summed E-state index contributed by atoms with van der Waals surface area (Å²) in [6.07, 6.45) is 6.00. The van der Waals surface area contributed by atoms with Crippen molar-refractivity contribution in [2.75, 3.05) is 41.9 Å². The maximum atomic E-state index is 14.2. The Labute approximate surface area is 212 Å². The molecule has 3 aromatic heterocycles. The summed E-state index contributed by atoms with van der Waals surface area (Å²) < 4.78 is 25.1. The van der Waals surface area contributed by atoms with Crippen LogP contribution in [0.5, 0.6) is 0 Å². The number of pyridine rings is 1. The summed E-state index contributed by atoms with van der Waals surface area (Å²) in [6, 6.07) is 11.2. The SMILES string of the molecule is Cc1ccoc1-c1cc(Cl)cc(Nc2ccc(/C=N/Nc3ncc(F)c(N4CCOCC4)n3)nc2)c1. The molecule has 9 nitrogen and oxygen atoms in total. The second-order valence-electron chi connectivity index (χ2n) is 8.09. The third-order valence-electron chi connectivity index (χ3n) is 5.49. The molecule has 4 heterocycles. The number of hydrazone groups is 1. The van der Waals surface area contributed by atoms with Gasteiger partial charge < -0.3 is 19.4 Å². The highest BCUT2D eigenvalue weighted by molar-refractivity contribution is 6.31. The van der Waals surface area contributed by atoms with E-state index in [9.17, 15) is 4.39 Å². The van der Waals surface area contributed by atoms with Crippen LogP contribution >= 0.6 is 11.6 Å². The van der Waals surface area contributed by atoms with Gasteiger partial charge in [0, 0.05) is 29.4 Å². The van der Waals surface area contributed by atoms with Gasteiger partial charge in [-0.15, -0.1) is 0 Å². The second-order valence-corrected chi connectivity index (χ2v) is 8.53. The Balaban J connectivity index is 1.23. The van der Waals surface area contributed by atoms with Gasteiger partial charge >= 0.3 is 0 Å². The molecule has 0 amide bonds. The van der Waals surface area contributed by atoms with E-state index in [1.54, 1.807) is 18.5 Å². The number of aromatic nitrogens is 3. The van der Waals surface area contributed by atoms with Crippen molar-refractivity contribution in [2.24, 2.45) is 5.10 Å². The minimum absolute atomic E-state index is 0.191. The summed E-state index contributed by atoms with van der Waals surface area (Å²) >= 11 is 6.32. The van der Waals surface area contributed by atoms with Crippen molar-refractivity contribution in [1.29, 1.82) is 0 Å². The highest BCUT2D eigenvalue weighted by atomic mass is 35.5. The predicted octanol–water partition coefficient (Wildman–Crippen LogP) is 5.26. The molecular formula is C25H23ClFN7O2. The number of halogens is 2. The number of rotatable bonds is 7. The van der Waals surface area contributed by atoms with Crippen molar-refractivity contribution < 1.29 is 13.5 Å². The maximum absolute atomic E-state index is 14.2. The molecule has 0 saturated carbocycles. The molecule has 5 rings (SSSR count). The number of hydrogen-bond acceptors (Lipinski definition) is 9. The number of ether oxygens (including phenoxy) is 1. The van der Waals surface area contributed by atoms with Crippen molar-refractivity contribution in [3.8, 4) is 11.3 Å². The Hall–Kier alpha value is -4.02. The van der Waals surface area contributed by atoms with Crippen LogP contribution < -0.4 is 15.6 Å². The van der Waals surface area contributed by atoms with E-state index in [2.05, 4.69) is 30.8 Å². The molecule has 1 aliphatic rings. The van der Waals surface area contributed by atoms with Crippen LogP contribution in [0.1, 0.15) is 11.3 Å². The number of nitrogens with one attached hydrogen (secondary N) is 2. The van der Waals surface area contributed by atoms with E-state index in [-0.39, 0.29) is 11.8 Å². The molecule has 0 bridgehead atoms. The molecule has 1 aromatic carbocycles. The van der Waals surface area contributed by atoms with Gasteiger partial charge in [-0.05, 0) is 48.9 Å². The van der Waals surface area contributed by atoms with Gasteiger partial charge in [0.1, 0.15) is 5.76 Å². The summed E-state index contributed by atoms with van der Waals surface area (Å²) in [5.41, 5.74) is 6.85. The van der Waals surface area contributed by atoms with Crippen LogP contribution in [0.25, 0.3) is 11.3 Å². The minimum Gasteiger partial charge on any atom is -0.464 e. The van der Waals surface area contributed by atoms with E-state index in [1.165, 1.54) is 6.21 Å². The molecule has 184 valence electrons. The lowest BCUT2D eigenvalue weighted by atomic mass is 10.1. The standard InChI is InChI=1S/C25H23ClFN7O2/c1-16-4-7-36-23(16)17-10-18(26)12-21(11-17)31-20-3-2-19(28-13-20)14-30-33-25-29-15-22(27)24(32-25)34-5-8-35-9-6-34/h2-4,7,10-15,31H,5-6,8-9H2,1H3,(H,29,32,33)/b30-14+. The number of benzene rings is 1. The molecule has 0 spiro atoms. The van der Waals surface area contributed by atoms with Crippen molar-refractivity contribution in [3.63, 3.8) is 0 Å². The predicted molar refractivity (Wildman–Crippen MR) is 138 cm³/mol. The number of anilines is 4. The van der Waals surface area contributed by atoms with Crippen LogP contribution in [0.15, 0.2) is 64.6 Å². The topological polar surface area (TPSA) is 101 Å². The molecule has 1 saturated heterocycles. The Morgan fingerprint density at radius 1 is 1.08 bits per heavy atom. The first kappa shape index (κ1) is 23.7. The summed E-state index contributed by atoms with van der Waals surface area (Å²) in [5.74, 6) is 0.712. The fraction of sp³-hybridized carbons (Fsp3) is 0.200. The third kappa shape index (κ3) is 5.61. The number of aryl methyl sites for hydroxylation is 1. The van der Waals surface area contributed by atoms with Gasteiger partial charge in [-0.1, -0.05) is 11.6 Å². The quantitative estimate of drug-likeness (QED) is 0.258. The lowest BCUT2D eigenvalue weighted by molar-refractivity contribution is 0.122. The van der Waals surface area contributed by atoms with Gasteiger partial charge in [0.15, 0.2) is 11.6 Å². The molecule has 0 aliphatic carbocycles. The van der Waals surface area contributed by atoms with E-state index in [0.717, 1.165) is 34.5 Å². The molecule has 11 heteroatoms. The van der Waals surface area contributed by atoms with Crippen molar-refractivity contribution >= 4 is 41.0 Å². The van der Waals surface area contributed by atoms with E-state index >= 15 is 0 Å². The van der Waals surface area contributed by atoms with Gasteiger partial charge in [-0.2, -0.15) is 10.1 Å². The van der Waals surface area contributed by atoms with E-state index in [1.807, 2.05) is 42.2 Å². The summed E-state index contributed by atoms with van der Waals surface area (Å²) in [5, 5.41) is 8.02. The summed E-state index contributed by atoms with van der Waals surface area (Å²) in [4.78, 5) is 14.4. The van der Waals surface area contributed by atoms with Crippen molar-refractivity contribution in [2.45, 2.75) is 6.92 Å². The van der Waals surface area contributed by atoms with Gasteiger partial charge in [0.25, 0.3) is 0 Å². The fourth-order valence-electron chi connectivity index (χ4n) is 3.75. The Morgan fingerprint density at radius 3 is 2.69 bits per heavy atom. The van der Waals surface area contributed by atoms with Crippen LogP contribution in [0.3, 0.4) is 0 Å². The zero-order chi connectivity index (χ0) is 24.9. The Kier molecular flexibility index (Phi) is 7.06. The van der Waals surface area contributed by atoms with E-state index in [4.69, 9.17) is 20.8 Å². The largest absolute Gasteiger partial charge is 0.464 e. The molecular weight excluding hydrogens is 485 g/mol. The lowest BCUT2D eigenvalue weighted by Gasteiger charge is -2.27. The smallest absolute Gasteiger partial charge is 0.245 e. The van der Waals surface area contributed by atoms with E-state index < -0.39 is 5.82 Å². The molecule has 36 heavy (non-hydrogen) atoms. The summed E-state index contributed by atoms with van der Waals surface area (Å²) in [6.45, 7) is 4.18. The highest BCUT2D eigenvalue weighted by Crippen LogP contribution is 2.31. The van der Waals surface area contributed by atoms with Gasteiger partial charge in [-0.3, -0.25) is 4.98 Å². The minimum atomic E-state index is -0.484. The Morgan fingerprint density at radius 2 is 1.94 bits per heavy atom. The van der Waals surface area contributed by atoms with Gasteiger partial charge in [0.05, 0.1) is 49.5 Å². The fourth-order valence-corrected chi connectivity index (χ4v) is 3.98. The Bertz CT molecular complexity index is 1370. The molecule has 0 radical (unpaired) electrons. The highest BCUT2D eigenvalue weighted by Gasteiger charge is 2.17. The van der Waals surface area contributed by atoms with Crippen molar-refractivity contribution in [1.82, 2.24) is 15.0 Å². The van der Waals surface area contributed by atoms with Crippen LogP contribution in [0.4, 0.5) is 27.5 Å². The molecule has 0 unspecified atom stereocenters. The first-order valence-electron chi connectivity index (χ1n) is 11.3. The zero-order valence-corrected chi connectivity index (χ0v) is 20.2. The third-order valence-corrected chi connectivity index (χ3v) is 5.71. The van der Waals surface area contributed by atoms with Crippen LogP contribution in [0.2, 0.25) is 5.02 Å². The molecule has 4 aromatic rings. The molecule has 1 aliphatic heterocycles. The number of nitrogens with zero attached hydrogens (tertiary/aromatic N) is 5.